The van der Waals surface area contributed by atoms with Crippen LogP contribution < -0.4 is 0 Å². The molecule has 1 rings (SSSR count). The lowest BCUT2D eigenvalue weighted by atomic mass is 9.56. The summed E-state index contributed by atoms with van der Waals surface area (Å²) in [7, 11) is 5.90. The van der Waals surface area contributed by atoms with Crippen LogP contribution in [0, 0.1) is 35.5 Å². The maximum Gasteiger partial charge on any atom is 0.310 e. The van der Waals surface area contributed by atoms with Crippen LogP contribution in [0.3, 0.4) is 0 Å². The van der Waals surface area contributed by atoms with Crippen molar-refractivity contribution in [3.63, 3.8) is 0 Å². The molecule has 0 bridgehead atoms. The molecule has 1 fully saturated rings. The lowest BCUT2D eigenvalue weighted by Gasteiger charge is -2.44. The molecule has 12 nitrogen and oxygen atoms in total. The third-order valence-electron chi connectivity index (χ3n) is 5.16. The number of ether oxygens (including phenoxy) is 6. The van der Waals surface area contributed by atoms with Gasteiger partial charge in [0, 0.05) is 0 Å². The molecule has 1 aliphatic rings. The van der Waals surface area contributed by atoms with E-state index in [0.29, 0.717) is 0 Å². The first-order valence-electron chi connectivity index (χ1n) is 8.63. The fourth-order valence-electron chi connectivity index (χ4n) is 3.92. The Morgan fingerprint density at radius 3 is 0.500 bits per heavy atom. The lowest BCUT2D eigenvalue weighted by Crippen LogP contribution is -2.60. The molecule has 0 atom stereocenters. The first-order chi connectivity index (χ1) is 14.2. The minimum Gasteiger partial charge on any atom is -0.469 e. The number of carbonyl (C=O) groups excluding carboxylic acids is 6. The van der Waals surface area contributed by atoms with Gasteiger partial charge in [-0.15, -0.1) is 0 Å². The highest BCUT2D eigenvalue weighted by Crippen LogP contribution is 2.49. The summed E-state index contributed by atoms with van der Waals surface area (Å²) in [5, 5.41) is 0. The molecule has 0 unspecified atom stereocenters. The zero-order valence-corrected chi connectivity index (χ0v) is 17.4. The van der Waals surface area contributed by atoms with Gasteiger partial charge in [-0.1, -0.05) is 0 Å². The Balaban J connectivity index is 3.97. The van der Waals surface area contributed by atoms with E-state index in [1.54, 1.807) is 0 Å². The molecule has 0 aliphatic heterocycles. The van der Waals surface area contributed by atoms with Crippen molar-refractivity contribution in [2.75, 3.05) is 42.7 Å². The molecule has 0 aromatic rings. The number of hydrogen-bond donors (Lipinski definition) is 0. The average molecular weight is 432 g/mol. The highest BCUT2D eigenvalue weighted by Gasteiger charge is 2.66. The smallest absolute Gasteiger partial charge is 0.310 e. The summed E-state index contributed by atoms with van der Waals surface area (Å²) >= 11 is 0. The molecule has 12 heteroatoms. The van der Waals surface area contributed by atoms with Crippen molar-refractivity contribution in [3.05, 3.63) is 0 Å². The van der Waals surface area contributed by atoms with Gasteiger partial charge in [0.15, 0.2) is 0 Å². The minimum atomic E-state index is -1.72. The summed E-state index contributed by atoms with van der Waals surface area (Å²) in [6.07, 6.45) is 0. The average Bonchev–Trinajstić information content (AvgIpc) is 2.78. The summed E-state index contributed by atoms with van der Waals surface area (Å²) in [6.45, 7) is 0. The van der Waals surface area contributed by atoms with Crippen LogP contribution in [-0.2, 0) is 57.2 Å². The van der Waals surface area contributed by atoms with Crippen LogP contribution in [0.2, 0.25) is 0 Å². The quantitative estimate of drug-likeness (QED) is 0.363. The van der Waals surface area contributed by atoms with Gasteiger partial charge in [0.2, 0.25) is 0 Å². The SMILES string of the molecule is COC(=O)C1C(C(=O)OC)C(C(=O)OC)C(C(=O)OC)C(C(=O)OC)C1C(=O)OC. The second kappa shape index (κ2) is 10.6. The summed E-state index contributed by atoms with van der Waals surface area (Å²) in [6, 6.07) is 0. The van der Waals surface area contributed by atoms with Crippen molar-refractivity contribution in [1.82, 2.24) is 0 Å². The molecule has 0 saturated heterocycles. The second-order valence-electron chi connectivity index (χ2n) is 6.29. The molecule has 0 amide bonds. The summed E-state index contributed by atoms with van der Waals surface area (Å²) in [5.41, 5.74) is 0. The van der Waals surface area contributed by atoms with Crippen LogP contribution in [0.25, 0.3) is 0 Å². The molecule has 30 heavy (non-hydrogen) atoms. The van der Waals surface area contributed by atoms with E-state index in [-0.39, 0.29) is 0 Å². The number of methoxy groups -OCH3 is 6. The maximum absolute atomic E-state index is 12.6. The molecule has 1 aliphatic carbocycles. The maximum atomic E-state index is 12.6. The lowest BCUT2D eigenvalue weighted by molar-refractivity contribution is -0.196. The van der Waals surface area contributed by atoms with Crippen LogP contribution in [0.1, 0.15) is 0 Å². The predicted molar refractivity (Wildman–Crippen MR) is 93.0 cm³/mol. The van der Waals surface area contributed by atoms with Crippen LogP contribution in [0.15, 0.2) is 0 Å². The van der Waals surface area contributed by atoms with E-state index in [9.17, 15) is 28.8 Å². The van der Waals surface area contributed by atoms with Crippen LogP contribution in [0.5, 0.6) is 0 Å². The van der Waals surface area contributed by atoms with E-state index < -0.39 is 71.3 Å². The van der Waals surface area contributed by atoms with Gasteiger partial charge in [-0.05, 0) is 0 Å². The Labute approximate surface area is 172 Å². The van der Waals surface area contributed by atoms with E-state index in [1.165, 1.54) is 0 Å². The Bertz CT molecular complexity index is 547. The Morgan fingerprint density at radius 1 is 0.333 bits per heavy atom. The monoisotopic (exact) mass is 432 g/mol. The van der Waals surface area contributed by atoms with Gasteiger partial charge in [-0.25, -0.2) is 0 Å². The normalized spacial score (nSPS) is 27.8. The molecule has 0 N–H and O–H groups in total. The van der Waals surface area contributed by atoms with Gasteiger partial charge >= 0.3 is 35.8 Å². The van der Waals surface area contributed by atoms with Gasteiger partial charge in [-0.3, -0.25) is 28.8 Å². The van der Waals surface area contributed by atoms with Crippen molar-refractivity contribution in [2.45, 2.75) is 0 Å². The zero-order chi connectivity index (χ0) is 23.2. The molecule has 0 spiro atoms. The highest BCUT2D eigenvalue weighted by molar-refractivity contribution is 5.98. The van der Waals surface area contributed by atoms with E-state index in [0.717, 1.165) is 42.7 Å². The molecule has 0 aromatic heterocycles. The number of hydrogen-bond acceptors (Lipinski definition) is 12. The zero-order valence-electron chi connectivity index (χ0n) is 17.4. The van der Waals surface area contributed by atoms with Crippen molar-refractivity contribution in [2.24, 2.45) is 35.5 Å². The fourth-order valence-corrected chi connectivity index (χ4v) is 3.92. The predicted octanol–water partition coefficient (Wildman–Crippen LogP) is -1.26. The molecule has 0 aromatic carbocycles. The third-order valence-corrected chi connectivity index (χ3v) is 5.16. The number of rotatable bonds is 6. The van der Waals surface area contributed by atoms with E-state index in [4.69, 9.17) is 28.4 Å². The van der Waals surface area contributed by atoms with Crippen molar-refractivity contribution < 1.29 is 57.2 Å². The standard InChI is InChI=1S/C18H24O12/c1-25-13(19)7-8(14(20)26-2)10(16(22)28-4)12(18(24)30-6)11(17(23)29-5)9(7)15(21)27-3/h7-12H,1-6H3. The Hall–Kier alpha value is -3.18. The molecule has 0 heterocycles. The molecule has 1 saturated carbocycles. The molecule has 0 radical (unpaired) electrons. The molecule has 168 valence electrons. The molecular weight excluding hydrogens is 408 g/mol. The second-order valence-corrected chi connectivity index (χ2v) is 6.29. The van der Waals surface area contributed by atoms with Gasteiger partial charge in [0.05, 0.1) is 78.2 Å². The van der Waals surface area contributed by atoms with Gasteiger partial charge in [0.25, 0.3) is 0 Å². The van der Waals surface area contributed by atoms with Crippen molar-refractivity contribution in [1.29, 1.82) is 0 Å². The first-order valence-corrected chi connectivity index (χ1v) is 8.63. The topological polar surface area (TPSA) is 158 Å². The van der Waals surface area contributed by atoms with E-state index >= 15 is 0 Å². The highest BCUT2D eigenvalue weighted by atomic mass is 16.6. The van der Waals surface area contributed by atoms with Crippen LogP contribution in [-0.4, -0.2) is 78.5 Å². The fraction of sp³-hybridized carbons (Fsp3) is 0.667. The number of esters is 6. The van der Waals surface area contributed by atoms with Crippen LogP contribution >= 0.6 is 0 Å². The van der Waals surface area contributed by atoms with Crippen molar-refractivity contribution >= 4 is 35.8 Å². The third kappa shape index (κ3) is 4.36. The van der Waals surface area contributed by atoms with Crippen molar-refractivity contribution in [3.8, 4) is 0 Å². The minimum absolute atomic E-state index is 0.984. The summed E-state index contributed by atoms with van der Waals surface area (Å²) in [4.78, 5) is 75.8. The van der Waals surface area contributed by atoms with Gasteiger partial charge in [0.1, 0.15) is 0 Å². The van der Waals surface area contributed by atoms with E-state index in [1.807, 2.05) is 0 Å². The molecular formula is C18H24O12. The largest absolute Gasteiger partial charge is 0.469 e. The summed E-state index contributed by atoms with van der Waals surface area (Å²) in [5.74, 6) is -16.9. The van der Waals surface area contributed by atoms with E-state index in [2.05, 4.69) is 0 Å². The first kappa shape index (κ1) is 24.9. The Kier molecular flexibility index (Phi) is 8.75. The van der Waals surface area contributed by atoms with Gasteiger partial charge < -0.3 is 28.4 Å². The van der Waals surface area contributed by atoms with Crippen LogP contribution in [0.4, 0.5) is 0 Å². The Morgan fingerprint density at radius 2 is 0.433 bits per heavy atom. The van der Waals surface area contributed by atoms with Gasteiger partial charge in [-0.2, -0.15) is 0 Å². The number of carbonyl (C=O) groups is 6. The summed E-state index contributed by atoms with van der Waals surface area (Å²) < 4.78 is 28.3.